The standard InChI is InChI=1S/C18H27NO/c1-13-9-15-16(10-18(2,3)11-17(15)20)19(13)12-14-7-5-4-6-8-14/h4-5,9,14,17,20H,6-8,10-12H2,1-3H3. The van der Waals surface area contributed by atoms with Crippen LogP contribution in [0, 0.1) is 18.3 Å². The zero-order valence-electron chi connectivity index (χ0n) is 13.0. The van der Waals surface area contributed by atoms with Gasteiger partial charge in [0, 0.05) is 23.5 Å². The largest absolute Gasteiger partial charge is 0.388 e. The van der Waals surface area contributed by atoms with E-state index < -0.39 is 0 Å². The van der Waals surface area contributed by atoms with E-state index in [2.05, 4.69) is 43.6 Å². The van der Waals surface area contributed by atoms with E-state index in [9.17, 15) is 5.11 Å². The Labute approximate surface area is 122 Å². The Balaban J connectivity index is 1.90. The molecule has 2 nitrogen and oxygen atoms in total. The van der Waals surface area contributed by atoms with Gasteiger partial charge in [-0.3, -0.25) is 0 Å². The summed E-state index contributed by atoms with van der Waals surface area (Å²) >= 11 is 0. The van der Waals surface area contributed by atoms with Gasteiger partial charge in [0.25, 0.3) is 0 Å². The minimum atomic E-state index is -0.278. The Morgan fingerprint density at radius 3 is 2.85 bits per heavy atom. The van der Waals surface area contributed by atoms with E-state index >= 15 is 0 Å². The summed E-state index contributed by atoms with van der Waals surface area (Å²) in [7, 11) is 0. The number of aliphatic hydroxyl groups is 1. The number of aromatic nitrogens is 1. The molecule has 1 aromatic rings. The fourth-order valence-electron chi connectivity index (χ4n) is 3.93. The number of nitrogens with zero attached hydrogens (tertiary/aromatic N) is 1. The van der Waals surface area contributed by atoms with Crippen LogP contribution in [-0.4, -0.2) is 9.67 Å². The summed E-state index contributed by atoms with van der Waals surface area (Å²) in [4.78, 5) is 0. The van der Waals surface area contributed by atoms with Gasteiger partial charge in [-0.25, -0.2) is 0 Å². The summed E-state index contributed by atoms with van der Waals surface area (Å²) in [6, 6.07) is 2.22. The minimum absolute atomic E-state index is 0.210. The molecule has 0 spiro atoms. The molecular formula is C18H27NO. The van der Waals surface area contributed by atoms with Gasteiger partial charge in [0.2, 0.25) is 0 Å². The molecule has 110 valence electrons. The molecule has 2 aliphatic rings. The van der Waals surface area contributed by atoms with Crippen molar-refractivity contribution in [1.29, 1.82) is 0 Å². The van der Waals surface area contributed by atoms with Gasteiger partial charge in [0.05, 0.1) is 6.10 Å². The highest BCUT2D eigenvalue weighted by atomic mass is 16.3. The van der Waals surface area contributed by atoms with Crippen molar-refractivity contribution in [2.45, 2.75) is 65.5 Å². The van der Waals surface area contributed by atoms with Crippen LogP contribution < -0.4 is 0 Å². The van der Waals surface area contributed by atoms with Gasteiger partial charge in [0.15, 0.2) is 0 Å². The Kier molecular flexibility index (Phi) is 3.53. The highest BCUT2D eigenvalue weighted by Crippen LogP contribution is 2.42. The Morgan fingerprint density at radius 1 is 1.35 bits per heavy atom. The van der Waals surface area contributed by atoms with Crippen LogP contribution >= 0.6 is 0 Å². The van der Waals surface area contributed by atoms with Crippen molar-refractivity contribution in [2.75, 3.05) is 0 Å². The summed E-state index contributed by atoms with van der Waals surface area (Å²) < 4.78 is 2.49. The third-order valence-electron chi connectivity index (χ3n) is 5.02. The van der Waals surface area contributed by atoms with E-state index in [4.69, 9.17) is 0 Å². The molecular weight excluding hydrogens is 246 g/mol. The molecule has 2 atom stereocenters. The normalized spacial score (nSPS) is 28.4. The van der Waals surface area contributed by atoms with Gasteiger partial charge in [-0.15, -0.1) is 0 Å². The van der Waals surface area contributed by atoms with Crippen LogP contribution in [0.5, 0.6) is 0 Å². The first-order valence-corrected chi connectivity index (χ1v) is 7.98. The number of hydrogen-bond donors (Lipinski definition) is 1. The predicted octanol–water partition coefficient (Wildman–Crippen LogP) is 4.16. The molecule has 2 aliphatic carbocycles. The molecule has 20 heavy (non-hydrogen) atoms. The molecule has 1 N–H and O–H groups in total. The number of aryl methyl sites for hydroxylation is 1. The molecule has 0 radical (unpaired) electrons. The third kappa shape index (κ3) is 2.58. The summed E-state index contributed by atoms with van der Waals surface area (Å²) in [6.45, 7) is 7.86. The zero-order valence-corrected chi connectivity index (χ0v) is 13.0. The highest BCUT2D eigenvalue weighted by molar-refractivity contribution is 5.33. The Hall–Kier alpha value is -1.02. The van der Waals surface area contributed by atoms with E-state index in [1.807, 2.05) is 0 Å². The van der Waals surface area contributed by atoms with Crippen molar-refractivity contribution in [1.82, 2.24) is 4.57 Å². The molecule has 2 heteroatoms. The lowest BCUT2D eigenvalue weighted by atomic mass is 9.75. The van der Waals surface area contributed by atoms with Crippen LogP contribution in [0.25, 0.3) is 0 Å². The van der Waals surface area contributed by atoms with Crippen molar-refractivity contribution in [2.24, 2.45) is 11.3 Å². The van der Waals surface area contributed by atoms with Crippen LogP contribution in [0.4, 0.5) is 0 Å². The molecule has 0 saturated heterocycles. The molecule has 0 aliphatic heterocycles. The SMILES string of the molecule is Cc1cc2c(n1CC1CC=CCC1)CC(C)(C)CC2O. The summed E-state index contributed by atoms with van der Waals surface area (Å²) in [5.41, 5.74) is 4.11. The van der Waals surface area contributed by atoms with Crippen molar-refractivity contribution in [3.05, 3.63) is 35.2 Å². The number of allylic oxidation sites excluding steroid dienone is 2. The molecule has 0 saturated carbocycles. The van der Waals surface area contributed by atoms with Crippen molar-refractivity contribution >= 4 is 0 Å². The molecule has 1 heterocycles. The fraction of sp³-hybridized carbons (Fsp3) is 0.667. The van der Waals surface area contributed by atoms with Crippen molar-refractivity contribution in [3.8, 4) is 0 Å². The minimum Gasteiger partial charge on any atom is -0.388 e. The van der Waals surface area contributed by atoms with E-state index in [0.29, 0.717) is 0 Å². The third-order valence-corrected chi connectivity index (χ3v) is 5.02. The summed E-state index contributed by atoms with van der Waals surface area (Å²) in [5, 5.41) is 10.4. The molecule has 1 aromatic heterocycles. The second-order valence-electron chi connectivity index (χ2n) is 7.51. The van der Waals surface area contributed by atoms with Gasteiger partial charge in [-0.05, 0) is 56.4 Å². The number of rotatable bonds is 2. The van der Waals surface area contributed by atoms with Gasteiger partial charge in [-0.2, -0.15) is 0 Å². The molecule has 3 rings (SSSR count). The molecule has 0 amide bonds. The monoisotopic (exact) mass is 273 g/mol. The average molecular weight is 273 g/mol. The lowest BCUT2D eigenvalue weighted by Gasteiger charge is -2.34. The van der Waals surface area contributed by atoms with Gasteiger partial charge >= 0.3 is 0 Å². The maximum absolute atomic E-state index is 10.4. The molecule has 0 fully saturated rings. The van der Waals surface area contributed by atoms with E-state index in [1.165, 1.54) is 36.2 Å². The number of fused-ring (bicyclic) bond motifs is 1. The quantitative estimate of drug-likeness (QED) is 0.804. The van der Waals surface area contributed by atoms with Crippen LogP contribution in [0.15, 0.2) is 18.2 Å². The average Bonchev–Trinajstić information content (AvgIpc) is 2.67. The van der Waals surface area contributed by atoms with E-state index in [-0.39, 0.29) is 11.5 Å². The van der Waals surface area contributed by atoms with Crippen molar-refractivity contribution < 1.29 is 5.11 Å². The smallest absolute Gasteiger partial charge is 0.0812 e. The molecule has 0 aromatic carbocycles. The second-order valence-corrected chi connectivity index (χ2v) is 7.51. The van der Waals surface area contributed by atoms with Crippen LogP contribution in [0.3, 0.4) is 0 Å². The first kappa shape index (κ1) is 13.9. The topological polar surface area (TPSA) is 25.2 Å². The Bertz CT molecular complexity index is 524. The second kappa shape index (κ2) is 5.07. The van der Waals surface area contributed by atoms with Crippen molar-refractivity contribution in [3.63, 3.8) is 0 Å². The van der Waals surface area contributed by atoms with Gasteiger partial charge < -0.3 is 9.67 Å². The van der Waals surface area contributed by atoms with Gasteiger partial charge in [0.1, 0.15) is 0 Å². The molecule has 0 bridgehead atoms. The zero-order chi connectivity index (χ0) is 14.3. The van der Waals surface area contributed by atoms with Crippen LogP contribution in [-0.2, 0) is 13.0 Å². The predicted molar refractivity (Wildman–Crippen MR) is 82.7 cm³/mol. The van der Waals surface area contributed by atoms with Crippen LogP contribution in [0.1, 0.15) is 62.6 Å². The first-order valence-electron chi connectivity index (χ1n) is 7.98. The van der Waals surface area contributed by atoms with Gasteiger partial charge in [-0.1, -0.05) is 26.0 Å². The lowest BCUT2D eigenvalue weighted by molar-refractivity contribution is 0.0976. The fourth-order valence-corrected chi connectivity index (χ4v) is 3.93. The first-order chi connectivity index (χ1) is 9.46. The number of hydrogen-bond acceptors (Lipinski definition) is 1. The maximum atomic E-state index is 10.4. The summed E-state index contributed by atoms with van der Waals surface area (Å²) in [5.74, 6) is 0.761. The van der Waals surface area contributed by atoms with Crippen LogP contribution in [0.2, 0.25) is 0 Å². The molecule has 2 unspecified atom stereocenters. The lowest BCUT2D eigenvalue weighted by Crippen LogP contribution is -2.27. The van der Waals surface area contributed by atoms with E-state index in [0.717, 1.165) is 25.3 Å². The summed E-state index contributed by atoms with van der Waals surface area (Å²) in [6.07, 6.45) is 10.1. The highest BCUT2D eigenvalue weighted by Gasteiger charge is 2.34. The Morgan fingerprint density at radius 2 is 2.15 bits per heavy atom. The number of aliphatic hydroxyl groups excluding tert-OH is 1. The van der Waals surface area contributed by atoms with E-state index in [1.54, 1.807) is 0 Å². The maximum Gasteiger partial charge on any atom is 0.0812 e.